The molecule has 0 aliphatic carbocycles. The van der Waals surface area contributed by atoms with Crippen molar-refractivity contribution in [1.29, 1.82) is 0 Å². The number of hydrogen-bond donors (Lipinski definition) is 1. The molecule has 1 rings (SSSR count). The Morgan fingerprint density at radius 1 is 1.53 bits per heavy atom. The van der Waals surface area contributed by atoms with Gasteiger partial charge in [0.15, 0.2) is 5.03 Å². The standard InChI is InChI=1S/C6H4ClF2N3O4S/c7-4-3(5(8)9)2(12(13)14)1-11-6(4)17(10,15)16/h1,5H,(H2,10,15,16). The summed E-state index contributed by atoms with van der Waals surface area (Å²) in [5.74, 6) is 0. The largest absolute Gasteiger partial charge is 0.298 e. The molecule has 11 heteroatoms. The maximum absolute atomic E-state index is 12.6. The molecule has 1 aromatic heterocycles. The lowest BCUT2D eigenvalue weighted by molar-refractivity contribution is -0.386. The van der Waals surface area contributed by atoms with Gasteiger partial charge in [0, 0.05) is 0 Å². The number of sulfonamides is 1. The zero-order valence-corrected chi connectivity index (χ0v) is 9.37. The van der Waals surface area contributed by atoms with Crippen molar-refractivity contribution in [3.63, 3.8) is 0 Å². The second-order valence-electron chi connectivity index (χ2n) is 2.78. The van der Waals surface area contributed by atoms with Crippen LogP contribution in [0.4, 0.5) is 14.5 Å². The van der Waals surface area contributed by atoms with Crippen molar-refractivity contribution >= 4 is 27.3 Å². The second-order valence-corrected chi connectivity index (χ2v) is 4.63. The maximum Gasteiger partial charge on any atom is 0.298 e. The number of nitrogens with zero attached hydrogens (tertiary/aromatic N) is 2. The van der Waals surface area contributed by atoms with Crippen LogP contribution in [0.3, 0.4) is 0 Å². The van der Waals surface area contributed by atoms with Crippen LogP contribution in [0.5, 0.6) is 0 Å². The van der Waals surface area contributed by atoms with E-state index in [-0.39, 0.29) is 0 Å². The van der Waals surface area contributed by atoms with Crippen molar-refractivity contribution in [1.82, 2.24) is 4.98 Å². The zero-order chi connectivity index (χ0) is 13.4. The lowest BCUT2D eigenvalue weighted by Crippen LogP contribution is -2.16. The van der Waals surface area contributed by atoms with Crippen molar-refractivity contribution in [2.75, 3.05) is 0 Å². The van der Waals surface area contributed by atoms with Gasteiger partial charge in [-0.05, 0) is 0 Å². The van der Waals surface area contributed by atoms with Crippen LogP contribution in [0.2, 0.25) is 5.02 Å². The Hall–Kier alpha value is -1.39. The third-order valence-electron chi connectivity index (χ3n) is 1.69. The van der Waals surface area contributed by atoms with Gasteiger partial charge >= 0.3 is 0 Å². The highest BCUT2D eigenvalue weighted by Crippen LogP contribution is 2.36. The molecule has 2 N–H and O–H groups in total. The van der Waals surface area contributed by atoms with E-state index >= 15 is 0 Å². The number of halogens is 3. The summed E-state index contributed by atoms with van der Waals surface area (Å²) in [7, 11) is -4.43. The van der Waals surface area contributed by atoms with Gasteiger partial charge in [0.05, 0.1) is 9.95 Å². The number of pyridine rings is 1. The molecule has 0 radical (unpaired) electrons. The Morgan fingerprint density at radius 2 is 2.06 bits per heavy atom. The quantitative estimate of drug-likeness (QED) is 0.663. The molecule has 0 bridgehead atoms. The van der Waals surface area contributed by atoms with Crippen LogP contribution in [0.25, 0.3) is 0 Å². The van der Waals surface area contributed by atoms with Crippen molar-refractivity contribution in [2.45, 2.75) is 11.5 Å². The van der Waals surface area contributed by atoms with E-state index in [1.54, 1.807) is 0 Å². The SMILES string of the molecule is NS(=O)(=O)c1ncc([N+](=O)[O-])c(C(F)F)c1Cl. The summed E-state index contributed by atoms with van der Waals surface area (Å²) in [5.41, 5.74) is -2.30. The predicted molar refractivity (Wildman–Crippen MR) is 52.2 cm³/mol. The predicted octanol–water partition coefficient (Wildman–Crippen LogP) is 1.23. The lowest BCUT2D eigenvalue weighted by Gasteiger charge is -2.06. The van der Waals surface area contributed by atoms with E-state index in [4.69, 9.17) is 11.6 Å². The van der Waals surface area contributed by atoms with Gasteiger partial charge in [-0.2, -0.15) is 0 Å². The summed E-state index contributed by atoms with van der Waals surface area (Å²) in [6.07, 6.45) is -2.96. The van der Waals surface area contributed by atoms with E-state index in [9.17, 15) is 27.3 Å². The van der Waals surface area contributed by atoms with Crippen LogP contribution in [-0.2, 0) is 10.0 Å². The van der Waals surface area contributed by atoms with Crippen LogP contribution in [-0.4, -0.2) is 18.3 Å². The summed E-state index contributed by atoms with van der Waals surface area (Å²) in [4.78, 5) is 12.4. The Kier molecular flexibility index (Phi) is 3.59. The highest BCUT2D eigenvalue weighted by Gasteiger charge is 2.31. The molecule has 0 fully saturated rings. The number of aromatic nitrogens is 1. The zero-order valence-electron chi connectivity index (χ0n) is 7.80. The molecule has 0 saturated carbocycles. The molecule has 0 saturated heterocycles. The van der Waals surface area contributed by atoms with E-state index in [0.29, 0.717) is 6.20 Å². The highest BCUT2D eigenvalue weighted by atomic mass is 35.5. The van der Waals surface area contributed by atoms with Gasteiger partial charge in [-0.1, -0.05) is 11.6 Å². The molecule has 17 heavy (non-hydrogen) atoms. The van der Waals surface area contributed by atoms with E-state index in [1.165, 1.54) is 0 Å². The highest BCUT2D eigenvalue weighted by molar-refractivity contribution is 7.89. The first-order valence-electron chi connectivity index (χ1n) is 3.80. The number of hydrogen-bond acceptors (Lipinski definition) is 5. The topological polar surface area (TPSA) is 116 Å². The lowest BCUT2D eigenvalue weighted by atomic mass is 10.2. The molecule has 7 nitrogen and oxygen atoms in total. The Balaban J connectivity index is 3.67. The first-order chi connectivity index (χ1) is 7.66. The van der Waals surface area contributed by atoms with Gasteiger partial charge in [-0.3, -0.25) is 10.1 Å². The molecule has 1 heterocycles. The summed E-state index contributed by atoms with van der Waals surface area (Å²) in [6.45, 7) is 0. The van der Waals surface area contributed by atoms with Crippen LogP contribution >= 0.6 is 11.6 Å². The monoisotopic (exact) mass is 287 g/mol. The number of rotatable bonds is 3. The van der Waals surface area contributed by atoms with E-state index in [0.717, 1.165) is 0 Å². The Morgan fingerprint density at radius 3 is 2.41 bits per heavy atom. The van der Waals surface area contributed by atoms with E-state index < -0.39 is 42.7 Å². The van der Waals surface area contributed by atoms with Crippen molar-refractivity contribution in [2.24, 2.45) is 5.14 Å². The number of primary sulfonamides is 1. The molecule has 0 unspecified atom stereocenters. The third kappa shape index (κ3) is 2.65. The minimum absolute atomic E-state index is 0.368. The number of alkyl halides is 2. The second kappa shape index (κ2) is 4.47. The summed E-state index contributed by atoms with van der Waals surface area (Å²) < 4.78 is 47.0. The van der Waals surface area contributed by atoms with Crippen molar-refractivity contribution in [3.05, 3.63) is 26.9 Å². The summed E-state index contributed by atoms with van der Waals surface area (Å²) in [6, 6.07) is 0. The maximum atomic E-state index is 12.6. The van der Waals surface area contributed by atoms with Crippen LogP contribution in [0.15, 0.2) is 11.2 Å². The summed E-state index contributed by atoms with van der Waals surface area (Å²) >= 11 is 5.33. The van der Waals surface area contributed by atoms with Gasteiger partial charge in [0.25, 0.3) is 22.1 Å². The fraction of sp³-hybridized carbons (Fsp3) is 0.167. The molecule has 1 aromatic rings. The molecule has 0 aliphatic heterocycles. The van der Waals surface area contributed by atoms with Gasteiger partial charge in [0.1, 0.15) is 11.8 Å². The van der Waals surface area contributed by atoms with Gasteiger partial charge < -0.3 is 0 Å². The molecule has 94 valence electrons. The molecular weight excluding hydrogens is 284 g/mol. The van der Waals surface area contributed by atoms with Crippen molar-refractivity contribution < 1.29 is 22.1 Å². The van der Waals surface area contributed by atoms with Crippen molar-refractivity contribution in [3.8, 4) is 0 Å². The van der Waals surface area contributed by atoms with Gasteiger partial charge in [0.2, 0.25) is 0 Å². The fourth-order valence-electron chi connectivity index (χ4n) is 1.03. The van der Waals surface area contributed by atoms with Crippen LogP contribution < -0.4 is 5.14 Å². The molecule has 0 atom stereocenters. The Bertz CT molecular complexity index is 577. The van der Waals surface area contributed by atoms with Gasteiger partial charge in [-0.25, -0.2) is 27.3 Å². The van der Waals surface area contributed by atoms with Crippen LogP contribution in [0, 0.1) is 10.1 Å². The molecule has 0 amide bonds. The molecule has 0 spiro atoms. The average Bonchev–Trinajstić information content (AvgIpc) is 2.13. The molecule has 0 aliphatic rings. The molecular formula is C6H4ClF2N3O4S. The first-order valence-corrected chi connectivity index (χ1v) is 5.72. The molecule has 0 aromatic carbocycles. The number of nitro groups is 1. The normalized spacial score (nSPS) is 11.8. The smallest absolute Gasteiger partial charge is 0.258 e. The third-order valence-corrected chi connectivity index (χ3v) is 3.03. The first kappa shape index (κ1) is 13.7. The Labute approximate surface area is 98.4 Å². The fourth-order valence-corrected chi connectivity index (χ4v) is 2.14. The van der Waals surface area contributed by atoms with E-state index in [1.807, 2.05) is 0 Å². The van der Waals surface area contributed by atoms with E-state index in [2.05, 4.69) is 10.1 Å². The van der Waals surface area contributed by atoms with Gasteiger partial charge in [-0.15, -0.1) is 0 Å². The average molecular weight is 288 g/mol. The minimum Gasteiger partial charge on any atom is -0.258 e. The van der Waals surface area contributed by atoms with Crippen LogP contribution in [0.1, 0.15) is 12.0 Å². The minimum atomic E-state index is -4.43. The number of nitrogens with two attached hydrogens (primary N) is 1. The summed E-state index contributed by atoms with van der Waals surface area (Å²) in [5, 5.41) is 13.0.